The van der Waals surface area contributed by atoms with Crippen molar-refractivity contribution in [2.45, 2.75) is 26.1 Å². The van der Waals surface area contributed by atoms with Gasteiger partial charge in [0, 0.05) is 5.69 Å². The second-order valence-electron chi connectivity index (χ2n) is 7.26. The molecule has 5 nitrogen and oxygen atoms in total. The smallest absolute Gasteiger partial charge is 0.371 e. The minimum Gasteiger partial charge on any atom is -0.371 e. The largest absolute Gasteiger partial charge is 0.416 e. The Morgan fingerprint density at radius 1 is 0.871 bits per heavy atom. The molecule has 8 heteroatoms. The number of para-hydroxylation sites is 1. The number of rotatable bonds is 5. The van der Waals surface area contributed by atoms with E-state index in [0.29, 0.717) is 11.5 Å². The van der Waals surface area contributed by atoms with Gasteiger partial charge in [0.15, 0.2) is 5.82 Å². The Balaban J connectivity index is 1.82. The van der Waals surface area contributed by atoms with Crippen molar-refractivity contribution in [1.82, 2.24) is 20.2 Å². The van der Waals surface area contributed by atoms with Crippen molar-refractivity contribution in [2.24, 2.45) is 0 Å². The van der Waals surface area contributed by atoms with Crippen molar-refractivity contribution in [1.29, 1.82) is 0 Å². The monoisotopic (exact) mass is 423 g/mol. The number of hydrogen-bond acceptors (Lipinski definition) is 4. The Hall–Kier alpha value is -3.68. The summed E-state index contributed by atoms with van der Waals surface area (Å²) in [5.74, 6) is 0.473. The maximum Gasteiger partial charge on any atom is 0.416 e. The average Bonchev–Trinajstić information content (AvgIpc) is 3.21. The van der Waals surface area contributed by atoms with Crippen molar-refractivity contribution in [2.75, 3.05) is 5.32 Å². The van der Waals surface area contributed by atoms with Crippen molar-refractivity contribution in [3.8, 4) is 5.69 Å². The zero-order chi connectivity index (χ0) is 22.0. The Bertz CT molecular complexity index is 1170. The predicted octanol–water partition coefficient (Wildman–Crippen LogP) is 5.50. The molecule has 1 N–H and O–H groups in total. The highest BCUT2D eigenvalue weighted by atomic mass is 19.4. The van der Waals surface area contributed by atoms with Crippen LogP contribution < -0.4 is 5.32 Å². The third-order valence-electron chi connectivity index (χ3n) is 5.04. The fraction of sp³-hybridized carbons (Fsp3) is 0.174. The van der Waals surface area contributed by atoms with Crippen LogP contribution in [0, 0.1) is 13.8 Å². The molecule has 1 atom stereocenters. The van der Waals surface area contributed by atoms with Crippen LogP contribution >= 0.6 is 0 Å². The second kappa shape index (κ2) is 8.22. The normalized spacial score (nSPS) is 12.5. The van der Waals surface area contributed by atoms with Gasteiger partial charge in [-0.15, -0.1) is 5.10 Å². The van der Waals surface area contributed by atoms with Gasteiger partial charge in [-0.1, -0.05) is 54.6 Å². The van der Waals surface area contributed by atoms with Gasteiger partial charge in [-0.05, 0) is 59.2 Å². The number of alkyl halides is 3. The number of anilines is 1. The quantitative estimate of drug-likeness (QED) is 0.461. The third kappa shape index (κ3) is 4.28. The molecule has 1 heterocycles. The fourth-order valence-corrected chi connectivity index (χ4v) is 3.57. The molecule has 0 unspecified atom stereocenters. The van der Waals surface area contributed by atoms with Crippen LogP contribution in [0.4, 0.5) is 18.9 Å². The summed E-state index contributed by atoms with van der Waals surface area (Å²) in [5.41, 5.74) is 3.23. The molecule has 0 aliphatic rings. The Morgan fingerprint density at radius 2 is 1.55 bits per heavy atom. The highest BCUT2D eigenvalue weighted by Crippen LogP contribution is 2.33. The van der Waals surface area contributed by atoms with Crippen LogP contribution in [-0.4, -0.2) is 20.2 Å². The van der Waals surface area contributed by atoms with Gasteiger partial charge >= 0.3 is 6.18 Å². The molecular weight excluding hydrogens is 403 g/mol. The Labute approximate surface area is 177 Å². The Kier molecular flexibility index (Phi) is 5.46. The SMILES string of the molecule is Cc1cccc(C)c1-n1nnnc1[C@H](Nc1cccc(C(F)(F)F)c1)c1ccccc1. The first kappa shape index (κ1) is 20.6. The first-order valence-corrected chi connectivity index (χ1v) is 9.68. The number of nitrogens with one attached hydrogen (secondary N) is 1. The number of benzene rings is 3. The fourth-order valence-electron chi connectivity index (χ4n) is 3.57. The van der Waals surface area contributed by atoms with E-state index < -0.39 is 17.8 Å². The van der Waals surface area contributed by atoms with Crippen molar-refractivity contribution in [3.05, 3.63) is 101 Å². The molecule has 0 saturated heterocycles. The van der Waals surface area contributed by atoms with E-state index in [1.165, 1.54) is 6.07 Å². The number of tetrazole rings is 1. The van der Waals surface area contributed by atoms with Gasteiger partial charge in [0.05, 0.1) is 11.3 Å². The maximum atomic E-state index is 13.2. The van der Waals surface area contributed by atoms with E-state index in [0.717, 1.165) is 34.5 Å². The topological polar surface area (TPSA) is 55.6 Å². The first-order chi connectivity index (χ1) is 14.8. The van der Waals surface area contributed by atoms with E-state index in [4.69, 9.17) is 0 Å². The number of halogens is 3. The highest BCUT2D eigenvalue weighted by Gasteiger charge is 2.31. The third-order valence-corrected chi connectivity index (χ3v) is 5.04. The van der Waals surface area contributed by atoms with Gasteiger partial charge in [0.2, 0.25) is 0 Å². The number of aryl methyl sites for hydroxylation is 2. The first-order valence-electron chi connectivity index (χ1n) is 9.68. The van der Waals surface area contributed by atoms with Crippen LogP contribution in [0.5, 0.6) is 0 Å². The minimum atomic E-state index is -4.43. The molecule has 31 heavy (non-hydrogen) atoms. The second-order valence-corrected chi connectivity index (χ2v) is 7.26. The van der Waals surface area contributed by atoms with Gasteiger partial charge in [0.1, 0.15) is 6.04 Å². The van der Waals surface area contributed by atoms with Crippen LogP contribution in [0.1, 0.15) is 34.1 Å². The molecule has 4 rings (SSSR count). The summed E-state index contributed by atoms with van der Waals surface area (Å²) in [4.78, 5) is 0. The molecule has 1 aromatic heterocycles. The highest BCUT2D eigenvalue weighted by molar-refractivity contribution is 5.52. The number of nitrogens with zero attached hydrogens (tertiary/aromatic N) is 4. The zero-order valence-electron chi connectivity index (χ0n) is 16.9. The van der Waals surface area contributed by atoms with Gasteiger partial charge < -0.3 is 5.32 Å². The van der Waals surface area contributed by atoms with E-state index in [-0.39, 0.29) is 0 Å². The standard InChI is InChI=1S/C23H20F3N5/c1-15-8-6-9-16(2)21(15)31-22(28-29-30-31)20(17-10-4-3-5-11-17)27-19-13-7-12-18(14-19)23(24,25)26/h3-14,20,27H,1-2H3/t20-/m1/s1. The molecule has 4 aromatic rings. The summed E-state index contributed by atoms with van der Waals surface area (Å²) in [5, 5.41) is 15.5. The lowest BCUT2D eigenvalue weighted by atomic mass is 10.0. The predicted molar refractivity (Wildman–Crippen MR) is 112 cm³/mol. The summed E-state index contributed by atoms with van der Waals surface area (Å²) in [7, 11) is 0. The zero-order valence-corrected chi connectivity index (χ0v) is 16.9. The van der Waals surface area contributed by atoms with Gasteiger partial charge in [0.25, 0.3) is 0 Å². The summed E-state index contributed by atoms with van der Waals surface area (Å²) in [6.45, 7) is 3.93. The van der Waals surface area contributed by atoms with E-state index in [9.17, 15) is 13.2 Å². The van der Waals surface area contributed by atoms with Crippen molar-refractivity contribution < 1.29 is 13.2 Å². The summed E-state index contributed by atoms with van der Waals surface area (Å²) in [6.07, 6.45) is -4.43. The molecule has 0 spiro atoms. The minimum absolute atomic E-state index is 0.319. The molecule has 0 saturated carbocycles. The molecule has 0 fully saturated rings. The van der Waals surface area contributed by atoms with E-state index >= 15 is 0 Å². The van der Waals surface area contributed by atoms with Gasteiger partial charge in [-0.2, -0.15) is 17.9 Å². The van der Waals surface area contributed by atoms with E-state index in [2.05, 4.69) is 20.8 Å². The number of hydrogen-bond donors (Lipinski definition) is 1. The molecule has 0 amide bonds. The number of aromatic nitrogens is 4. The molecule has 3 aromatic carbocycles. The summed E-state index contributed by atoms with van der Waals surface area (Å²) in [6, 6.07) is 19.8. The lowest BCUT2D eigenvalue weighted by molar-refractivity contribution is -0.137. The van der Waals surface area contributed by atoms with Crippen LogP contribution in [0.2, 0.25) is 0 Å². The van der Waals surface area contributed by atoms with Gasteiger partial charge in [-0.25, -0.2) is 0 Å². The lowest BCUT2D eigenvalue weighted by Crippen LogP contribution is -2.19. The lowest BCUT2D eigenvalue weighted by Gasteiger charge is -2.21. The van der Waals surface area contributed by atoms with Crippen molar-refractivity contribution in [3.63, 3.8) is 0 Å². The van der Waals surface area contributed by atoms with Crippen molar-refractivity contribution >= 4 is 5.69 Å². The van der Waals surface area contributed by atoms with Crippen LogP contribution in [0.3, 0.4) is 0 Å². The van der Waals surface area contributed by atoms with E-state index in [1.54, 1.807) is 10.7 Å². The molecule has 0 aliphatic heterocycles. The summed E-state index contributed by atoms with van der Waals surface area (Å²) >= 11 is 0. The molecule has 158 valence electrons. The molecular formula is C23H20F3N5. The van der Waals surface area contributed by atoms with Gasteiger partial charge in [-0.3, -0.25) is 0 Å². The molecule has 0 radical (unpaired) electrons. The molecule has 0 aliphatic carbocycles. The average molecular weight is 423 g/mol. The van der Waals surface area contributed by atoms with Crippen LogP contribution in [0.25, 0.3) is 5.69 Å². The summed E-state index contributed by atoms with van der Waals surface area (Å²) < 4.78 is 41.3. The maximum absolute atomic E-state index is 13.2. The molecule has 0 bridgehead atoms. The van der Waals surface area contributed by atoms with Crippen LogP contribution in [-0.2, 0) is 6.18 Å². The van der Waals surface area contributed by atoms with Crippen LogP contribution in [0.15, 0.2) is 72.8 Å². The van der Waals surface area contributed by atoms with E-state index in [1.807, 2.05) is 62.4 Å². The Morgan fingerprint density at radius 3 is 2.23 bits per heavy atom.